The maximum Gasteiger partial charge on any atom is 0.405 e. The van der Waals surface area contributed by atoms with Crippen LogP contribution in [0.2, 0.25) is 0 Å². The highest BCUT2D eigenvalue weighted by molar-refractivity contribution is 7.99. The number of hydrogen-bond acceptors (Lipinski definition) is 4. The van der Waals surface area contributed by atoms with E-state index >= 15 is 0 Å². The van der Waals surface area contributed by atoms with Crippen LogP contribution >= 0.6 is 11.8 Å². The second-order valence-electron chi connectivity index (χ2n) is 4.91. The van der Waals surface area contributed by atoms with Gasteiger partial charge in [-0.3, -0.25) is 4.79 Å². The van der Waals surface area contributed by atoms with Crippen LogP contribution in [0.25, 0.3) is 11.4 Å². The SMILES string of the molecule is Cc1ccc(-c2nnc(SCC(=O)NCC(F)(F)F)n2C)cc1. The molecule has 124 valence electrons. The molecule has 0 aliphatic carbocycles. The first-order chi connectivity index (χ1) is 10.8. The van der Waals surface area contributed by atoms with Crippen LogP contribution in [-0.2, 0) is 11.8 Å². The molecule has 0 aliphatic heterocycles. The van der Waals surface area contributed by atoms with E-state index in [2.05, 4.69) is 10.2 Å². The van der Waals surface area contributed by atoms with E-state index in [0.29, 0.717) is 11.0 Å². The number of rotatable bonds is 5. The maximum absolute atomic E-state index is 12.0. The second-order valence-corrected chi connectivity index (χ2v) is 5.85. The molecule has 0 saturated carbocycles. The zero-order valence-electron chi connectivity index (χ0n) is 12.5. The highest BCUT2D eigenvalue weighted by Gasteiger charge is 2.27. The van der Waals surface area contributed by atoms with E-state index in [1.807, 2.05) is 36.5 Å². The molecule has 0 atom stereocenters. The number of nitrogens with zero attached hydrogens (tertiary/aromatic N) is 3. The predicted molar refractivity (Wildman–Crippen MR) is 81.0 cm³/mol. The number of nitrogens with one attached hydrogen (secondary N) is 1. The number of aromatic nitrogens is 3. The maximum atomic E-state index is 12.0. The number of halogens is 3. The van der Waals surface area contributed by atoms with Gasteiger partial charge in [-0.25, -0.2) is 0 Å². The number of amides is 1. The molecule has 0 spiro atoms. The predicted octanol–water partition coefficient (Wildman–Crippen LogP) is 2.56. The van der Waals surface area contributed by atoms with Gasteiger partial charge in [-0.05, 0) is 6.92 Å². The van der Waals surface area contributed by atoms with Gasteiger partial charge < -0.3 is 9.88 Å². The molecular weight excluding hydrogens is 329 g/mol. The standard InChI is InChI=1S/C14H15F3N4OS/c1-9-3-5-10(6-4-9)12-19-20-13(21(12)2)23-7-11(22)18-8-14(15,16)17/h3-6H,7-8H2,1-2H3,(H,18,22). The third-order valence-electron chi connectivity index (χ3n) is 2.96. The Kier molecular flexibility index (Phi) is 5.30. The van der Waals surface area contributed by atoms with Gasteiger partial charge in [0.2, 0.25) is 5.91 Å². The van der Waals surface area contributed by atoms with Crippen LogP contribution in [0.4, 0.5) is 13.2 Å². The molecule has 0 unspecified atom stereocenters. The van der Waals surface area contributed by atoms with Gasteiger partial charge in [0.15, 0.2) is 11.0 Å². The van der Waals surface area contributed by atoms with E-state index in [9.17, 15) is 18.0 Å². The van der Waals surface area contributed by atoms with Crippen molar-refractivity contribution in [2.24, 2.45) is 7.05 Å². The van der Waals surface area contributed by atoms with E-state index < -0.39 is 18.6 Å². The Balaban J connectivity index is 1.97. The molecule has 1 N–H and O–H groups in total. The Morgan fingerprint density at radius 3 is 2.52 bits per heavy atom. The van der Waals surface area contributed by atoms with Gasteiger partial charge in [0, 0.05) is 12.6 Å². The quantitative estimate of drug-likeness (QED) is 0.847. The average Bonchev–Trinajstić information content (AvgIpc) is 2.84. The third kappa shape index (κ3) is 4.98. The lowest BCUT2D eigenvalue weighted by Gasteiger charge is -2.08. The number of carbonyl (C=O) groups is 1. The minimum absolute atomic E-state index is 0.157. The molecule has 1 amide bonds. The Hall–Kier alpha value is -2.03. The van der Waals surface area contributed by atoms with Crippen LogP contribution in [0.1, 0.15) is 5.56 Å². The van der Waals surface area contributed by atoms with Gasteiger partial charge in [-0.1, -0.05) is 41.6 Å². The molecule has 0 saturated heterocycles. The summed E-state index contributed by atoms with van der Waals surface area (Å²) < 4.78 is 37.7. The number of hydrogen-bond donors (Lipinski definition) is 1. The summed E-state index contributed by atoms with van der Waals surface area (Å²) in [6.07, 6.45) is -4.41. The first kappa shape index (κ1) is 17.3. The van der Waals surface area contributed by atoms with Crippen LogP contribution in [0.3, 0.4) is 0 Å². The van der Waals surface area contributed by atoms with E-state index in [1.165, 1.54) is 0 Å². The number of carbonyl (C=O) groups excluding carboxylic acids is 1. The van der Waals surface area contributed by atoms with Gasteiger partial charge in [0.25, 0.3) is 0 Å². The van der Waals surface area contributed by atoms with Gasteiger partial charge in [0.1, 0.15) is 6.54 Å². The fourth-order valence-electron chi connectivity index (χ4n) is 1.77. The summed E-state index contributed by atoms with van der Waals surface area (Å²) in [4.78, 5) is 11.4. The van der Waals surface area contributed by atoms with Crippen molar-refractivity contribution >= 4 is 17.7 Å². The van der Waals surface area contributed by atoms with Crippen molar-refractivity contribution in [1.82, 2.24) is 20.1 Å². The van der Waals surface area contributed by atoms with E-state index in [-0.39, 0.29) is 5.75 Å². The minimum atomic E-state index is -4.41. The second kappa shape index (κ2) is 7.03. The van der Waals surface area contributed by atoms with E-state index in [1.54, 1.807) is 11.6 Å². The summed E-state index contributed by atoms with van der Waals surface area (Å²) >= 11 is 1.03. The zero-order valence-corrected chi connectivity index (χ0v) is 13.3. The zero-order chi connectivity index (χ0) is 17.0. The van der Waals surface area contributed by atoms with Crippen molar-refractivity contribution in [2.75, 3.05) is 12.3 Å². The normalized spacial score (nSPS) is 11.5. The fraction of sp³-hybridized carbons (Fsp3) is 0.357. The summed E-state index contributed by atoms with van der Waals surface area (Å²) in [6.45, 7) is 0.640. The first-order valence-electron chi connectivity index (χ1n) is 6.69. The Morgan fingerprint density at radius 2 is 1.91 bits per heavy atom. The van der Waals surface area contributed by atoms with Crippen molar-refractivity contribution in [3.63, 3.8) is 0 Å². The van der Waals surface area contributed by atoms with Crippen LogP contribution in [0, 0.1) is 6.92 Å². The summed E-state index contributed by atoms with van der Waals surface area (Å²) in [7, 11) is 1.74. The topological polar surface area (TPSA) is 59.8 Å². The highest BCUT2D eigenvalue weighted by atomic mass is 32.2. The van der Waals surface area contributed by atoms with Crippen molar-refractivity contribution in [3.8, 4) is 11.4 Å². The van der Waals surface area contributed by atoms with Crippen molar-refractivity contribution < 1.29 is 18.0 Å². The molecule has 0 fully saturated rings. The number of benzene rings is 1. The number of aryl methyl sites for hydroxylation is 1. The van der Waals surface area contributed by atoms with Crippen molar-refractivity contribution in [3.05, 3.63) is 29.8 Å². The lowest BCUT2D eigenvalue weighted by Crippen LogP contribution is -2.34. The van der Waals surface area contributed by atoms with Crippen LogP contribution in [0.15, 0.2) is 29.4 Å². The molecule has 23 heavy (non-hydrogen) atoms. The van der Waals surface area contributed by atoms with Gasteiger partial charge >= 0.3 is 6.18 Å². The molecule has 1 heterocycles. The molecule has 0 radical (unpaired) electrons. The summed E-state index contributed by atoms with van der Waals surface area (Å²) in [5, 5.41) is 10.3. The summed E-state index contributed by atoms with van der Waals surface area (Å²) in [5.41, 5.74) is 1.99. The molecule has 5 nitrogen and oxygen atoms in total. The van der Waals surface area contributed by atoms with Gasteiger partial charge in [0.05, 0.1) is 5.75 Å². The molecular formula is C14H15F3N4OS. The third-order valence-corrected chi connectivity index (χ3v) is 3.98. The Labute approximate surface area is 135 Å². The molecule has 9 heteroatoms. The minimum Gasteiger partial charge on any atom is -0.346 e. The molecule has 1 aromatic heterocycles. The summed E-state index contributed by atoms with van der Waals surface area (Å²) in [6, 6.07) is 7.70. The number of thioether (sulfide) groups is 1. The molecule has 0 bridgehead atoms. The van der Waals surface area contributed by atoms with Crippen LogP contribution in [0.5, 0.6) is 0 Å². The molecule has 1 aromatic carbocycles. The highest BCUT2D eigenvalue weighted by Crippen LogP contribution is 2.22. The van der Waals surface area contributed by atoms with Crippen molar-refractivity contribution in [1.29, 1.82) is 0 Å². The number of alkyl halides is 3. The van der Waals surface area contributed by atoms with Crippen LogP contribution in [-0.4, -0.2) is 39.1 Å². The largest absolute Gasteiger partial charge is 0.405 e. The van der Waals surface area contributed by atoms with E-state index in [0.717, 1.165) is 22.9 Å². The molecule has 2 aromatic rings. The Morgan fingerprint density at radius 1 is 1.26 bits per heavy atom. The lowest BCUT2D eigenvalue weighted by atomic mass is 10.1. The molecule has 0 aliphatic rings. The first-order valence-corrected chi connectivity index (χ1v) is 7.67. The average molecular weight is 344 g/mol. The van der Waals surface area contributed by atoms with Crippen LogP contribution < -0.4 is 5.32 Å². The Bertz CT molecular complexity index is 682. The van der Waals surface area contributed by atoms with E-state index in [4.69, 9.17) is 0 Å². The lowest BCUT2D eigenvalue weighted by molar-refractivity contribution is -0.136. The van der Waals surface area contributed by atoms with Gasteiger partial charge in [-0.15, -0.1) is 10.2 Å². The smallest absolute Gasteiger partial charge is 0.346 e. The fourth-order valence-corrected chi connectivity index (χ4v) is 2.52. The van der Waals surface area contributed by atoms with Gasteiger partial charge in [-0.2, -0.15) is 13.2 Å². The molecule has 2 rings (SSSR count). The summed E-state index contributed by atoms with van der Waals surface area (Å²) in [5.74, 6) is -0.230. The monoisotopic (exact) mass is 344 g/mol. The van der Waals surface area contributed by atoms with Crippen molar-refractivity contribution in [2.45, 2.75) is 18.3 Å².